The SMILES string of the molecule is Cn1cc(/C=C2\CCCN=C2c2cccnc2)c2ccccc21. The summed E-state index contributed by atoms with van der Waals surface area (Å²) in [7, 11) is 2.10. The summed E-state index contributed by atoms with van der Waals surface area (Å²) in [6.45, 7) is 0.900. The molecule has 3 heteroatoms. The van der Waals surface area contributed by atoms with Crippen LogP contribution in [0.15, 0.2) is 65.6 Å². The largest absolute Gasteiger partial charge is 0.350 e. The molecule has 0 atom stereocenters. The topological polar surface area (TPSA) is 30.2 Å². The summed E-state index contributed by atoms with van der Waals surface area (Å²) in [6.07, 6.45) is 10.4. The van der Waals surface area contributed by atoms with E-state index in [9.17, 15) is 0 Å². The first-order chi connectivity index (χ1) is 11.3. The maximum Gasteiger partial charge on any atom is 0.0694 e. The van der Waals surface area contributed by atoms with Crippen molar-refractivity contribution in [3.8, 4) is 0 Å². The van der Waals surface area contributed by atoms with E-state index in [1.54, 1.807) is 6.20 Å². The average molecular weight is 301 g/mol. The van der Waals surface area contributed by atoms with Gasteiger partial charge in [-0.1, -0.05) is 18.2 Å². The van der Waals surface area contributed by atoms with Crippen LogP contribution in [0.2, 0.25) is 0 Å². The molecule has 0 radical (unpaired) electrons. The van der Waals surface area contributed by atoms with Crippen molar-refractivity contribution in [3.05, 3.63) is 71.7 Å². The number of nitrogens with zero attached hydrogens (tertiary/aromatic N) is 3. The van der Waals surface area contributed by atoms with Gasteiger partial charge >= 0.3 is 0 Å². The van der Waals surface area contributed by atoms with Crippen molar-refractivity contribution in [3.63, 3.8) is 0 Å². The van der Waals surface area contributed by atoms with Crippen molar-refractivity contribution in [2.24, 2.45) is 12.0 Å². The molecule has 1 aromatic carbocycles. The summed E-state index contributed by atoms with van der Waals surface area (Å²) in [5.74, 6) is 0. The van der Waals surface area contributed by atoms with Crippen molar-refractivity contribution in [2.45, 2.75) is 12.8 Å². The standard InChI is InChI=1S/C20H19N3/c1-23-14-17(18-8-2-3-9-19(18)23)12-15-6-5-11-22-20(15)16-7-4-10-21-13-16/h2-4,7-10,12-14H,5-6,11H2,1H3/b15-12+. The normalized spacial score (nSPS) is 16.7. The van der Waals surface area contributed by atoms with Crippen LogP contribution in [0.3, 0.4) is 0 Å². The molecule has 1 aliphatic rings. The van der Waals surface area contributed by atoms with E-state index in [0.717, 1.165) is 30.7 Å². The molecule has 0 amide bonds. The van der Waals surface area contributed by atoms with Gasteiger partial charge in [0.15, 0.2) is 0 Å². The molecule has 23 heavy (non-hydrogen) atoms. The third-order valence-electron chi connectivity index (χ3n) is 4.37. The van der Waals surface area contributed by atoms with E-state index in [2.05, 4.69) is 59.2 Å². The second-order valence-electron chi connectivity index (χ2n) is 5.96. The van der Waals surface area contributed by atoms with Crippen molar-refractivity contribution >= 4 is 22.7 Å². The Kier molecular flexibility index (Phi) is 3.54. The molecule has 0 bridgehead atoms. The summed E-state index contributed by atoms with van der Waals surface area (Å²) < 4.78 is 2.19. The van der Waals surface area contributed by atoms with E-state index in [-0.39, 0.29) is 0 Å². The Morgan fingerprint density at radius 3 is 2.91 bits per heavy atom. The fourth-order valence-corrected chi connectivity index (χ4v) is 3.28. The Labute approximate surface area is 136 Å². The number of allylic oxidation sites excluding steroid dienone is 1. The van der Waals surface area contributed by atoms with Gasteiger partial charge in [0, 0.05) is 54.2 Å². The molecule has 0 N–H and O–H groups in total. The van der Waals surface area contributed by atoms with Crippen LogP contribution in [0.25, 0.3) is 17.0 Å². The van der Waals surface area contributed by atoms with E-state index in [1.165, 1.54) is 22.0 Å². The molecule has 3 aromatic rings. The predicted octanol–water partition coefficient (Wildman–Crippen LogP) is 4.24. The highest BCUT2D eigenvalue weighted by Gasteiger charge is 2.15. The zero-order valence-corrected chi connectivity index (χ0v) is 13.2. The molecular formula is C20H19N3. The summed E-state index contributed by atoms with van der Waals surface area (Å²) in [6, 6.07) is 12.6. The summed E-state index contributed by atoms with van der Waals surface area (Å²) in [4.78, 5) is 9.01. The van der Waals surface area contributed by atoms with Crippen molar-refractivity contribution in [1.82, 2.24) is 9.55 Å². The van der Waals surface area contributed by atoms with E-state index >= 15 is 0 Å². The van der Waals surface area contributed by atoms with E-state index in [4.69, 9.17) is 4.99 Å². The monoisotopic (exact) mass is 301 g/mol. The lowest BCUT2D eigenvalue weighted by atomic mass is 9.95. The van der Waals surface area contributed by atoms with Crippen molar-refractivity contribution < 1.29 is 0 Å². The van der Waals surface area contributed by atoms with Gasteiger partial charge in [0.05, 0.1) is 5.71 Å². The van der Waals surface area contributed by atoms with Crippen LogP contribution >= 0.6 is 0 Å². The molecule has 2 aromatic heterocycles. The van der Waals surface area contributed by atoms with Gasteiger partial charge in [-0.25, -0.2) is 0 Å². The molecular weight excluding hydrogens is 282 g/mol. The highest BCUT2D eigenvalue weighted by molar-refractivity contribution is 6.15. The lowest BCUT2D eigenvalue weighted by Crippen LogP contribution is -2.11. The van der Waals surface area contributed by atoms with Crippen LogP contribution in [0.1, 0.15) is 24.0 Å². The molecule has 3 heterocycles. The van der Waals surface area contributed by atoms with Gasteiger partial charge in [-0.2, -0.15) is 0 Å². The minimum Gasteiger partial charge on any atom is -0.350 e. The van der Waals surface area contributed by atoms with Gasteiger partial charge in [0.1, 0.15) is 0 Å². The van der Waals surface area contributed by atoms with Crippen LogP contribution in [0.5, 0.6) is 0 Å². The highest BCUT2D eigenvalue weighted by atomic mass is 14.9. The van der Waals surface area contributed by atoms with Gasteiger partial charge in [-0.15, -0.1) is 0 Å². The Morgan fingerprint density at radius 1 is 1.13 bits per heavy atom. The van der Waals surface area contributed by atoms with Crippen LogP contribution in [0.4, 0.5) is 0 Å². The maximum atomic E-state index is 4.77. The van der Waals surface area contributed by atoms with E-state index in [0.29, 0.717) is 0 Å². The Hall–Kier alpha value is -2.68. The first-order valence-electron chi connectivity index (χ1n) is 8.03. The average Bonchev–Trinajstić information content (AvgIpc) is 2.93. The third-order valence-corrected chi connectivity index (χ3v) is 4.37. The van der Waals surface area contributed by atoms with Crippen LogP contribution in [-0.4, -0.2) is 21.8 Å². The predicted molar refractivity (Wildman–Crippen MR) is 95.8 cm³/mol. The number of aliphatic imine (C=N–C) groups is 1. The number of pyridine rings is 1. The molecule has 0 saturated carbocycles. The molecule has 4 rings (SSSR count). The number of hydrogen-bond donors (Lipinski definition) is 0. The molecule has 1 aliphatic heterocycles. The first kappa shape index (κ1) is 13.9. The van der Waals surface area contributed by atoms with E-state index in [1.807, 2.05) is 12.3 Å². The van der Waals surface area contributed by atoms with Gasteiger partial charge < -0.3 is 4.57 Å². The van der Waals surface area contributed by atoms with Crippen LogP contribution in [0, 0.1) is 0 Å². The molecule has 0 unspecified atom stereocenters. The Balaban J connectivity index is 1.82. The number of hydrogen-bond acceptors (Lipinski definition) is 2. The Bertz CT molecular complexity index is 901. The van der Waals surface area contributed by atoms with Crippen molar-refractivity contribution in [1.29, 1.82) is 0 Å². The minimum absolute atomic E-state index is 0.900. The fraction of sp³-hybridized carbons (Fsp3) is 0.200. The second kappa shape index (κ2) is 5.84. The third kappa shape index (κ3) is 2.59. The smallest absolute Gasteiger partial charge is 0.0694 e. The van der Waals surface area contributed by atoms with Crippen molar-refractivity contribution in [2.75, 3.05) is 6.54 Å². The van der Waals surface area contributed by atoms with Gasteiger partial charge in [0.2, 0.25) is 0 Å². The zero-order valence-electron chi connectivity index (χ0n) is 13.2. The Morgan fingerprint density at radius 2 is 2.04 bits per heavy atom. The first-order valence-corrected chi connectivity index (χ1v) is 8.03. The quantitative estimate of drug-likeness (QED) is 0.696. The number of para-hydroxylation sites is 1. The molecule has 0 fully saturated rings. The number of rotatable bonds is 2. The number of aryl methyl sites for hydroxylation is 1. The highest BCUT2D eigenvalue weighted by Crippen LogP contribution is 2.26. The number of aromatic nitrogens is 2. The summed E-state index contributed by atoms with van der Waals surface area (Å²) in [5.41, 5.74) is 6.03. The van der Waals surface area contributed by atoms with Gasteiger partial charge in [-0.05, 0) is 42.7 Å². The number of benzene rings is 1. The molecule has 0 saturated heterocycles. The molecule has 0 aliphatic carbocycles. The zero-order chi connectivity index (χ0) is 15.6. The molecule has 0 spiro atoms. The minimum atomic E-state index is 0.900. The number of fused-ring (bicyclic) bond motifs is 1. The summed E-state index contributed by atoms with van der Waals surface area (Å²) >= 11 is 0. The maximum absolute atomic E-state index is 4.77. The molecule has 114 valence electrons. The van der Waals surface area contributed by atoms with Crippen LogP contribution < -0.4 is 0 Å². The van der Waals surface area contributed by atoms with Gasteiger partial charge in [0.25, 0.3) is 0 Å². The van der Waals surface area contributed by atoms with Gasteiger partial charge in [-0.3, -0.25) is 9.98 Å². The summed E-state index contributed by atoms with van der Waals surface area (Å²) in [5, 5.41) is 1.29. The van der Waals surface area contributed by atoms with Crippen LogP contribution in [-0.2, 0) is 7.05 Å². The lowest BCUT2D eigenvalue weighted by molar-refractivity contribution is 0.818. The molecule has 3 nitrogen and oxygen atoms in total. The lowest BCUT2D eigenvalue weighted by Gasteiger charge is -2.16. The fourth-order valence-electron chi connectivity index (χ4n) is 3.28. The second-order valence-corrected chi connectivity index (χ2v) is 5.96. The van der Waals surface area contributed by atoms with E-state index < -0.39 is 0 Å².